The fourth-order valence-electron chi connectivity index (χ4n) is 4.57. The zero-order valence-electron chi connectivity index (χ0n) is 23.7. The summed E-state index contributed by atoms with van der Waals surface area (Å²) in [7, 11) is 0. The summed E-state index contributed by atoms with van der Waals surface area (Å²) in [4.78, 5) is 21.8. The van der Waals surface area contributed by atoms with Crippen molar-refractivity contribution in [2.24, 2.45) is 11.8 Å². The lowest BCUT2D eigenvalue weighted by molar-refractivity contribution is -0.0670. The van der Waals surface area contributed by atoms with Crippen LogP contribution in [0, 0.1) is 5.92 Å². The van der Waals surface area contributed by atoms with E-state index in [1.54, 1.807) is 12.1 Å². The van der Waals surface area contributed by atoms with Crippen molar-refractivity contribution in [2.45, 2.75) is 84.8 Å². The smallest absolute Gasteiger partial charge is 0.335 e. The van der Waals surface area contributed by atoms with Gasteiger partial charge < -0.3 is 10.0 Å². The van der Waals surface area contributed by atoms with Crippen molar-refractivity contribution >= 4 is 5.97 Å². The van der Waals surface area contributed by atoms with Gasteiger partial charge >= 0.3 is 5.97 Å². The highest BCUT2D eigenvalue weighted by atomic mass is 16.6. The molecule has 0 aliphatic heterocycles. The van der Waals surface area contributed by atoms with Crippen LogP contribution in [0.4, 0.5) is 0 Å². The van der Waals surface area contributed by atoms with Gasteiger partial charge in [-0.2, -0.15) is 0 Å². The van der Waals surface area contributed by atoms with E-state index in [-0.39, 0.29) is 0 Å². The molecule has 1 saturated carbocycles. The molecular formula is C31H49N3O3. The van der Waals surface area contributed by atoms with Crippen LogP contribution < -0.4 is 5.90 Å². The molecule has 6 heteroatoms. The number of carbonyl (C=O) groups is 1. The summed E-state index contributed by atoms with van der Waals surface area (Å²) < 4.78 is 0. The standard InChI is InChI=1S/C31H49N3O3/c1-7-24(5)21-34(29-15-16-29)23-28(25(6)8-2)22-33(10-4)20-19-31(9-3,37-32)18-17-26-11-13-27(14-12-26)30(35)36/h7-8,11-14,23,25,29H,2,9-10,15-22,32H2,1,3-6H3,(H,35,36)/b24-7-,28-23-. The summed E-state index contributed by atoms with van der Waals surface area (Å²) >= 11 is 0. The molecule has 1 aliphatic carbocycles. The number of hydrogen-bond acceptors (Lipinski definition) is 5. The molecule has 0 saturated heterocycles. The molecule has 37 heavy (non-hydrogen) atoms. The van der Waals surface area contributed by atoms with Gasteiger partial charge in [0.25, 0.3) is 0 Å². The van der Waals surface area contributed by atoms with Crippen LogP contribution in [0.25, 0.3) is 0 Å². The number of benzene rings is 1. The van der Waals surface area contributed by atoms with Crippen molar-refractivity contribution in [3.8, 4) is 0 Å². The number of nitrogens with two attached hydrogens (primary N) is 1. The highest BCUT2D eigenvalue weighted by molar-refractivity contribution is 5.87. The Labute approximate surface area is 224 Å². The van der Waals surface area contributed by atoms with Gasteiger partial charge in [0.2, 0.25) is 0 Å². The number of nitrogens with zero attached hydrogens (tertiary/aromatic N) is 2. The van der Waals surface area contributed by atoms with Crippen LogP contribution in [0.3, 0.4) is 0 Å². The molecule has 3 N–H and O–H groups in total. The second-order valence-electron chi connectivity index (χ2n) is 10.5. The van der Waals surface area contributed by atoms with Gasteiger partial charge in [-0.05, 0) is 88.1 Å². The molecule has 6 nitrogen and oxygen atoms in total. The van der Waals surface area contributed by atoms with Crippen molar-refractivity contribution in [3.63, 3.8) is 0 Å². The quantitative estimate of drug-likeness (QED) is 0.180. The number of allylic oxidation sites excluding steroid dienone is 2. The van der Waals surface area contributed by atoms with Crippen molar-refractivity contribution in [2.75, 3.05) is 26.2 Å². The maximum absolute atomic E-state index is 11.1. The first-order valence-electron chi connectivity index (χ1n) is 13.8. The average molecular weight is 512 g/mol. The zero-order valence-corrected chi connectivity index (χ0v) is 23.7. The minimum Gasteiger partial charge on any atom is -0.478 e. The molecule has 2 atom stereocenters. The Morgan fingerprint density at radius 3 is 2.41 bits per heavy atom. The van der Waals surface area contributed by atoms with Crippen LogP contribution >= 0.6 is 0 Å². The molecule has 0 radical (unpaired) electrons. The number of aromatic carboxylic acids is 1. The van der Waals surface area contributed by atoms with E-state index in [2.05, 4.69) is 63.3 Å². The van der Waals surface area contributed by atoms with E-state index in [0.29, 0.717) is 17.5 Å². The lowest BCUT2D eigenvalue weighted by Crippen LogP contribution is -2.40. The molecular weight excluding hydrogens is 462 g/mol. The third-order valence-corrected chi connectivity index (χ3v) is 7.91. The normalized spacial score (nSPS) is 16.9. The van der Waals surface area contributed by atoms with Crippen LogP contribution in [-0.2, 0) is 11.3 Å². The molecule has 0 spiro atoms. The molecule has 206 valence electrons. The Morgan fingerprint density at radius 1 is 1.24 bits per heavy atom. The predicted molar refractivity (Wildman–Crippen MR) is 153 cm³/mol. The SMILES string of the molecule is C=CC(C)/C(=C\N(C/C(C)=C\C)C1CC1)CN(CC)CCC(CC)(CCc1ccc(C(=O)O)cc1)ON. The monoisotopic (exact) mass is 511 g/mol. The van der Waals surface area contributed by atoms with E-state index < -0.39 is 11.6 Å². The molecule has 1 aromatic rings. The first-order valence-corrected chi connectivity index (χ1v) is 13.8. The summed E-state index contributed by atoms with van der Waals surface area (Å²) in [5.41, 5.74) is 3.76. The largest absolute Gasteiger partial charge is 0.478 e. The Hall–Kier alpha value is -2.41. The van der Waals surface area contributed by atoms with Gasteiger partial charge in [0, 0.05) is 31.9 Å². The fraction of sp³-hybridized carbons (Fsp3) is 0.581. The highest BCUT2D eigenvalue weighted by Crippen LogP contribution is 2.30. The molecule has 0 bridgehead atoms. The van der Waals surface area contributed by atoms with Gasteiger partial charge in [0.15, 0.2) is 0 Å². The summed E-state index contributed by atoms with van der Waals surface area (Å²) in [5.74, 6) is 5.27. The van der Waals surface area contributed by atoms with Gasteiger partial charge in [-0.3, -0.25) is 9.74 Å². The van der Waals surface area contributed by atoms with Crippen molar-refractivity contribution in [3.05, 3.63) is 71.5 Å². The van der Waals surface area contributed by atoms with E-state index in [4.69, 9.17) is 15.8 Å². The number of rotatable bonds is 18. The predicted octanol–water partition coefficient (Wildman–Crippen LogP) is 6.21. The average Bonchev–Trinajstić information content (AvgIpc) is 3.76. The minimum absolute atomic E-state index is 0.302. The lowest BCUT2D eigenvalue weighted by Gasteiger charge is -2.34. The summed E-state index contributed by atoms with van der Waals surface area (Å²) in [5, 5.41) is 9.14. The second-order valence-corrected chi connectivity index (χ2v) is 10.5. The van der Waals surface area contributed by atoms with Crippen LogP contribution in [-0.4, -0.2) is 58.7 Å². The highest BCUT2D eigenvalue weighted by Gasteiger charge is 2.30. The van der Waals surface area contributed by atoms with Crippen LogP contribution in [0.15, 0.2) is 60.3 Å². The molecule has 2 rings (SSSR count). The van der Waals surface area contributed by atoms with E-state index in [0.717, 1.165) is 57.4 Å². The van der Waals surface area contributed by atoms with E-state index in [1.807, 2.05) is 18.2 Å². The summed E-state index contributed by atoms with van der Waals surface area (Å²) in [6, 6.07) is 7.73. The fourth-order valence-corrected chi connectivity index (χ4v) is 4.57. The van der Waals surface area contributed by atoms with Crippen molar-refractivity contribution < 1.29 is 14.7 Å². The molecule has 0 aromatic heterocycles. The van der Waals surface area contributed by atoms with E-state index in [9.17, 15) is 4.79 Å². The van der Waals surface area contributed by atoms with Gasteiger partial charge in [-0.1, -0.05) is 50.6 Å². The Morgan fingerprint density at radius 2 is 1.92 bits per heavy atom. The third kappa shape index (κ3) is 9.76. The first kappa shape index (κ1) is 30.8. The minimum atomic E-state index is -0.907. The Bertz CT molecular complexity index is 914. The first-order chi connectivity index (χ1) is 17.7. The topological polar surface area (TPSA) is 79.0 Å². The van der Waals surface area contributed by atoms with Gasteiger partial charge in [-0.15, -0.1) is 6.58 Å². The van der Waals surface area contributed by atoms with Gasteiger partial charge in [0.1, 0.15) is 0 Å². The molecule has 1 aromatic carbocycles. The molecule has 1 fully saturated rings. The van der Waals surface area contributed by atoms with Crippen molar-refractivity contribution in [1.29, 1.82) is 0 Å². The van der Waals surface area contributed by atoms with Gasteiger partial charge in [-0.25, -0.2) is 10.7 Å². The zero-order chi connectivity index (χ0) is 27.4. The number of hydrogen-bond donors (Lipinski definition) is 2. The lowest BCUT2D eigenvalue weighted by atomic mass is 9.88. The van der Waals surface area contributed by atoms with Gasteiger partial charge in [0.05, 0.1) is 11.2 Å². The summed E-state index contributed by atoms with van der Waals surface area (Å²) in [6.07, 6.45) is 12.4. The molecule has 2 unspecified atom stereocenters. The van der Waals surface area contributed by atoms with Crippen LogP contribution in [0.5, 0.6) is 0 Å². The van der Waals surface area contributed by atoms with Crippen LogP contribution in [0.2, 0.25) is 0 Å². The van der Waals surface area contributed by atoms with E-state index >= 15 is 0 Å². The number of aryl methyl sites for hydroxylation is 1. The molecule has 1 aliphatic rings. The Kier molecular flexibility index (Phi) is 12.6. The number of carboxylic acid groups (broad SMARTS) is 1. The third-order valence-electron chi connectivity index (χ3n) is 7.91. The molecule has 0 heterocycles. The van der Waals surface area contributed by atoms with Crippen LogP contribution in [0.1, 0.15) is 82.6 Å². The Balaban J connectivity index is 2.08. The maximum Gasteiger partial charge on any atom is 0.335 e. The second kappa shape index (κ2) is 15.1. The van der Waals surface area contributed by atoms with Crippen molar-refractivity contribution in [1.82, 2.24) is 9.80 Å². The maximum atomic E-state index is 11.1. The molecule has 0 amide bonds. The summed E-state index contributed by atoms with van der Waals surface area (Å²) in [6.45, 7) is 18.7. The number of likely N-dealkylation sites (N-methyl/N-ethyl adjacent to an activating group) is 1. The van der Waals surface area contributed by atoms with E-state index in [1.165, 1.54) is 24.0 Å². The number of carboxylic acids is 1.